The molecule has 0 saturated carbocycles. The molecule has 0 fully saturated rings. The number of fused-ring (bicyclic) bond motifs is 1. The number of alkyl halides is 3. The number of H-pyrrole nitrogens is 1. The van der Waals surface area contributed by atoms with E-state index >= 15 is 0 Å². The van der Waals surface area contributed by atoms with Gasteiger partial charge in [-0.2, -0.15) is 18.2 Å². The number of aromatic nitrogens is 3. The number of rotatable bonds is 9. The van der Waals surface area contributed by atoms with Crippen LogP contribution in [0.3, 0.4) is 0 Å². The largest absolute Gasteiger partial charge is 0.609 e. The van der Waals surface area contributed by atoms with Gasteiger partial charge in [0.05, 0.1) is 35.5 Å². The molecule has 0 saturated heterocycles. The Labute approximate surface area is 197 Å². The van der Waals surface area contributed by atoms with Crippen LogP contribution in [0.5, 0.6) is 5.75 Å². The first-order valence-electron chi connectivity index (χ1n) is 10.5. The lowest BCUT2D eigenvalue weighted by Crippen LogP contribution is -2.11. The molecule has 4 rings (SSSR count). The molecule has 0 spiro atoms. The molecule has 6 nitrogen and oxygen atoms in total. The average molecular weight is 490 g/mol. The Morgan fingerprint density at radius 3 is 2.62 bits per heavy atom. The van der Waals surface area contributed by atoms with Crippen LogP contribution in [0.2, 0.25) is 0 Å². The SMILES string of the molecule is Cc1c(OCCOCc2ccccc2)ccnc1C[S+]([O-])c1nc2cc(C(F)(F)F)ccc2[nH]1. The Kier molecular flexibility index (Phi) is 7.40. The van der Waals surface area contributed by atoms with E-state index in [0.717, 1.165) is 23.3 Å². The Bertz CT molecular complexity index is 1250. The van der Waals surface area contributed by atoms with Crippen LogP contribution in [-0.4, -0.2) is 32.7 Å². The Morgan fingerprint density at radius 1 is 1.06 bits per heavy atom. The minimum absolute atomic E-state index is 0.0412. The maximum absolute atomic E-state index is 12.9. The zero-order valence-electron chi connectivity index (χ0n) is 18.3. The predicted octanol–water partition coefficient (Wildman–Crippen LogP) is 5.19. The zero-order chi connectivity index (χ0) is 24.1. The maximum atomic E-state index is 12.9. The van der Waals surface area contributed by atoms with E-state index in [4.69, 9.17) is 9.47 Å². The summed E-state index contributed by atoms with van der Waals surface area (Å²) in [6, 6.07) is 14.7. The highest BCUT2D eigenvalue weighted by molar-refractivity contribution is 7.90. The van der Waals surface area contributed by atoms with Crippen molar-refractivity contribution in [2.45, 2.75) is 30.6 Å². The van der Waals surface area contributed by atoms with Crippen molar-refractivity contribution in [1.82, 2.24) is 15.0 Å². The highest BCUT2D eigenvalue weighted by atomic mass is 32.2. The van der Waals surface area contributed by atoms with Crippen molar-refractivity contribution in [1.29, 1.82) is 0 Å². The standard InChI is InChI=1S/C24H22F3N3O3S/c1-16-21(28-10-9-22(16)33-12-11-32-14-17-5-3-2-4-6-17)15-34(31)23-29-19-8-7-18(24(25,26)27)13-20(19)30-23/h2-10,13H,11-12,14-15H2,1H3,(H,29,30). The molecule has 2 aromatic carbocycles. The van der Waals surface area contributed by atoms with Crippen LogP contribution in [0, 0.1) is 6.92 Å². The van der Waals surface area contributed by atoms with Gasteiger partial charge in [-0.3, -0.25) is 9.97 Å². The second-order valence-corrected chi connectivity index (χ2v) is 8.90. The van der Waals surface area contributed by atoms with Crippen LogP contribution in [0.1, 0.15) is 22.4 Å². The van der Waals surface area contributed by atoms with Gasteiger partial charge in [-0.25, -0.2) is 0 Å². The maximum Gasteiger partial charge on any atom is 0.416 e. The number of nitrogens with one attached hydrogen (secondary N) is 1. The Morgan fingerprint density at radius 2 is 1.85 bits per heavy atom. The minimum atomic E-state index is -4.47. The summed E-state index contributed by atoms with van der Waals surface area (Å²) >= 11 is -1.63. The van der Waals surface area contributed by atoms with E-state index in [2.05, 4.69) is 15.0 Å². The Balaban J connectivity index is 1.36. The van der Waals surface area contributed by atoms with Gasteiger partial charge in [0.25, 0.3) is 0 Å². The monoisotopic (exact) mass is 489 g/mol. The summed E-state index contributed by atoms with van der Waals surface area (Å²) in [5.74, 6) is 0.643. The molecule has 0 aliphatic rings. The third-order valence-corrected chi connectivity index (χ3v) is 6.29. The molecular weight excluding hydrogens is 467 g/mol. The lowest BCUT2D eigenvalue weighted by Gasteiger charge is -2.13. The number of ether oxygens (including phenoxy) is 2. The number of benzene rings is 2. The fourth-order valence-electron chi connectivity index (χ4n) is 3.29. The van der Waals surface area contributed by atoms with Crippen molar-refractivity contribution in [3.8, 4) is 5.75 Å². The van der Waals surface area contributed by atoms with Crippen LogP contribution >= 0.6 is 0 Å². The van der Waals surface area contributed by atoms with Gasteiger partial charge >= 0.3 is 11.3 Å². The van der Waals surface area contributed by atoms with Gasteiger partial charge in [0.15, 0.2) is 5.75 Å². The molecule has 0 aliphatic heterocycles. The van der Waals surface area contributed by atoms with Gasteiger partial charge in [0.2, 0.25) is 0 Å². The zero-order valence-corrected chi connectivity index (χ0v) is 19.1. The van der Waals surface area contributed by atoms with E-state index < -0.39 is 22.9 Å². The second kappa shape index (κ2) is 10.5. The van der Waals surface area contributed by atoms with Gasteiger partial charge in [-0.15, -0.1) is 0 Å². The highest BCUT2D eigenvalue weighted by Crippen LogP contribution is 2.31. The highest BCUT2D eigenvalue weighted by Gasteiger charge is 2.31. The quantitative estimate of drug-likeness (QED) is 0.259. The molecule has 4 aromatic rings. The van der Waals surface area contributed by atoms with E-state index in [0.29, 0.717) is 36.8 Å². The van der Waals surface area contributed by atoms with Crippen molar-refractivity contribution in [3.05, 3.63) is 83.2 Å². The lowest BCUT2D eigenvalue weighted by molar-refractivity contribution is -0.137. The molecule has 10 heteroatoms. The van der Waals surface area contributed by atoms with Crippen LogP contribution in [-0.2, 0) is 34.4 Å². The first-order valence-corrected chi connectivity index (χ1v) is 11.8. The predicted molar refractivity (Wildman–Crippen MR) is 122 cm³/mol. The summed E-state index contributed by atoms with van der Waals surface area (Å²) < 4.78 is 63.1. The molecule has 178 valence electrons. The van der Waals surface area contributed by atoms with Crippen LogP contribution in [0.4, 0.5) is 13.2 Å². The van der Waals surface area contributed by atoms with Gasteiger partial charge in [0.1, 0.15) is 12.4 Å². The molecule has 0 radical (unpaired) electrons. The van der Waals surface area contributed by atoms with Crippen molar-refractivity contribution in [2.24, 2.45) is 0 Å². The molecule has 0 aliphatic carbocycles. The molecule has 1 N–H and O–H groups in total. The Hall–Kier alpha value is -3.08. The third-order valence-electron chi connectivity index (χ3n) is 5.13. The molecule has 1 atom stereocenters. The van der Waals surface area contributed by atoms with E-state index in [1.165, 1.54) is 6.07 Å². The molecule has 0 bridgehead atoms. The summed E-state index contributed by atoms with van der Waals surface area (Å²) in [7, 11) is 0. The third kappa shape index (κ3) is 5.88. The molecule has 0 amide bonds. The summed E-state index contributed by atoms with van der Waals surface area (Å²) in [5.41, 5.74) is 2.04. The van der Waals surface area contributed by atoms with Crippen molar-refractivity contribution in [3.63, 3.8) is 0 Å². The summed E-state index contributed by atoms with van der Waals surface area (Å²) in [6.07, 6.45) is -2.91. The van der Waals surface area contributed by atoms with E-state index in [-0.39, 0.29) is 16.4 Å². The van der Waals surface area contributed by atoms with Crippen LogP contribution in [0.25, 0.3) is 11.0 Å². The second-order valence-electron chi connectivity index (χ2n) is 7.53. The first kappa shape index (κ1) is 24.1. The molecule has 34 heavy (non-hydrogen) atoms. The number of hydrogen-bond donors (Lipinski definition) is 1. The summed E-state index contributed by atoms with van der Waals surface area (Å²) in [4.78, 5) is 11.2. The van der Waals surface area contributed by atoms with Crippen LogP contribution in [0.15, 0.2) is 66.0 Å². The summed E-state index contributed by atoms with van der Waals surface area (Å²) in [5, 5.41) is 0.0937. The number of halogens is 3. The number of nitrogens with zero attached hydrogens (tertiary/aromatic N) is 2. The molecular formula is C24H22F3N3O3S. The van der Waals surface area contributed by atoms with Crippen LogP contribution < -0.4 is 4.74 Å². The van der Waals surface area contributed by atoms with Crippen molar-refractivity contribution < 1.29 is 27.2 Å². The topological polar surface area (TPSA) is 83.1 Å². The van der Waals surface area contributed by atoms with Gasteiger partial charge < -0.3 is 14.0 Å². The average Bonchev–Trinajstić information content (AvgIpc) is 3.25. The van der Waals surface area contributed by atoms with Crippen molar-refractivity contribution in [2.75, 3.05) is 13.2 Å². The molecule has 2 aromatic heterocycles. The fourth-order valence-corrected chi connectivity index (χ4v) is 4.39. The normalized spacial score (nSPS) is 12.7. The van der Waals surface area contributed by atoms with E-state index in [9.17, 15) is 17.7 Å². The molecule has 2 heterocycles. The lowest BCUT2D eigenvalue weighted by atomic mass is 10.2. The van der Waals surface area contributed by atoms with Crippen molar-refractivity contribution >= 4 is 22.2 Å². The van der Waals surface area contributed by atoms with E-state index in [1.807, 2.05) is 37.3 Å². The first-order chi connectivity index (χ1) is 16.3. The number of aromatic amines is 1. The number of imidazole rings is 1. The van der Waals surface area contributed by atoms with E-state index in [1.54, 1.807) is 12.3 Å². The van der Waals surface area contributed by atoms with Gasteiger partial charge in [-0.05, 0) is 36.8 Å². The number of pyridine rings is 1. The minimum Gasteiger partial charge on any atom is -0.609 e. The smallest absolute Gasteiger partial charge is 0.416 e. The fraction of sp³-hybridized carbons (Fsp3) is 0.250. The summed E-state index contributed by atoms with van der Waals surface area (Å²) in [6.45, 7) is 3.04. The molecule has 1 unspecified atom stereocenters. The number of hydrogen-bond acceptors (Lipinski definition) is 5. The van der Waals surface area contributed by atoms with Gasteiger partial charge in [-0.1, -0.05) is 30.3 Å². The van der Waals surface area contributed by atoms with Gasteiger partial charge in [0, 0.05) is 22.9 Å².